The zero-order valence-corrected chi connectivity index (χ0v) is 18.3. The number of hydrogen-bond acceptors (Lipinski definition) is 4. The van der Waals surface area contributed by atoms with Crippen LogP contribution in [0, 0.1) is 5.82 Å². The molecule has 3 aromatic rings. The van der Waals surface area contributed by atoms with E-state index in [1.165, 1.54) is 16.4 Å². The Morgan fingerprint density at radius 2 is 1.47 bits per heavy atom. The SMILES string of the molecule is O=C(Nc1ccccc1F)c1ccc(CN2CCN(S(=O)(=O)c3ccccc3)CC2)cc1. The average molecular weight is 454 g/mol. The summed E-state index contributed by atoms with van der Waals surface area (Å²) in [5.74, 6) is -0.854. The maximum Gasteiger partial charge on any atom is 0.255 e. The molecule has 4 rings (SSSR count). The molecule has 0 radical (unpaired) electrons. The number of benzene rings is 3. The first-order chi connectivity index (χ1) is 15.4. The zero-order chi connectivity index (χ0) is 22.6. The second-order valence-electron chi connectivity index (χ2n) is 7.62. The number of sulfonamides is 1. The first-order valence-corrected chi connectivity index (χ1v) is 11.8. The number of amides is 1. The number of nitrogens with zero attached hydrogens (tertiary/aromatic N) is 2. The van der Waals surface area contributed by atoms with Gasteiger partial charge in [-0.25, -0.2) is 12.8 Å². The summed E-state index contributed by atoms with van der Waals surface area (Å²) in [4.78, 5) is 14.9. The van der Waals surface area contributed by atoms with E-state index >= 15 is 0 Å². The van der Waals surface area contributed by atoms with Crippen LogP contribution in [-0.4, -0.2) is 49.7 Å². The summed E-state index contributed by atoms with van der Waals surface area (Å²) in [6.45, 7) is 2.78. The Kier molecular flexibility index (Phi) is 6.64. The molecule has 6 nitrogen and oxygen atoms in total. The average Bonchev–Trinajstić information content (AvgIpc) is 2.82. The highest BCUT2D eigenvalue weighted by atomic mass is 32.2. The molecule has 32 heavy (non-hydrogen) atoms. The fourth-order valence-corrected chi connectivity index (χ4v) is 5.09. The third-order valence-electron chi connectivity index (χ3n) is 5.46. The van der Waals surface area contributed by atoms with Crippen LogP contribution in [0.3, 0.4) is 0 Å². The second-order valence-corrected chi connectivity index (χ2v) is 9.56. The largest absolute Gasteiger partial charge is 0.319 e. The third kappa shape index (κ3) is 5.04. The Balaban J connectivity index is 1.32. The first-order valence-electron chi connectivity index (χ1n) is 10.4. The Bertz CT molecular complexity index is 1180. The van der Waals surface area contributed by atoms with Crippen LogP contribution in [0.5, 0.6) is 0 Å². The molecule has 3 aromatic carbocycles. The van der Waals surface area contributed by atoms with Crippen LogP contribution in [0.25, 0.3) is 0 Å². The van der Waals surface area contributed by atoms with Crippen LogP contribution in [0.4, 0.5) is 10.1 Å². The molecule has 0 saturated carbocycles. The summed E-state index contributed by atoms with van der Waals surface area (Å²) in [5.41, 5.74) is 1.60. The van der Waals surface area contributed by atoms with Crippen molar-refractivity contribution in [2.45, 2.75) is 11.4 Å². The third-order valence-corrected chi connectivity index (χ3v) is 7.37. The van der Waals surface area contributed by atoms with E-state index in [0.29, 0.717) is 43.2 Å². The number of piperazine rings is 1. The van der Waals surface area contributed by atoms with Crippen LogP contribution in [0.2, 0.25) is 0 Å². The van der Waals surface area contributed by atoms with Crippen LogP contribution < -0.4 is 5.32 Å². The number of carbonyl (C=O) groups excluding carboxylic acids is 1. The summed E-state index contributed by atoms with van der Waals surface area (Å²) in [7, 11) is -3.47. The number of carbonyl (C=O) groups is 1. The summed E-state index contributed by atoms with van der Waals surface area (Å²) < 4.78 is 40.8. The smallest absolute Gasteiger partial charge is 0.255 e. The molecular weight excluding hydrogens is 429 g/mol. The molecule has 0 atom stereocenters. The topological polar surface area (TPSA) is 69.7 Å². The van der Waals surface area contributed by atoms with Gasteiger partial charge in [-0.05, 0) is 42.0 Å². The zero-order valence-electron chi connectivity index (χ0n) is 17.4. The van der Waals surface area contributed by atoms with Gasteiger partial charge >= 0.3 is 0 Å². The molecule has 166 valence electrons. The molecule has 0 aromatic heterocycles. The van der Waals surface area contributed by atoms with Crippen molar-refractivity contribution in [2.75, 3.05) is 31.5 Å². The van der Waals surface area contributed by atoms with Gasteiger partial charge in [0.05, 0.1) is 10.6 Å². The maximum atomic E-state index is 13.7. The van der Waals surface area contributed by atoms with Crippen molar-refractivity contribution >= 4 is 21.6 Å². The van der Waals surface area contributed by atoms with E-state index in [4.69, 9.17) is 0 Å². The number of anilines is 1. The quantitative estimate of drug-likeness (QED) is 0.619. The molecule has 1 aliphatic rings. The highest BCUT2D eigenvalue weighted by molar-refractivity contribution is 7.89. The van der Waals surface area contributed by atoms with Crippen LogP contribution in [-0.2, 0) is 16.6 Å². The second kappa shape index (κ2) is 9.60. The molecule has 1 aliphatic heterocycles. The van der Waals surface area contributed by atoms with Crippen molar-refractivity contribution in [1.29, 1.82) is 0 Å². The molecule has 0 bridgehead atoms. The van der Waals surface area contributed by atoms with Crippen molar-refractivity contribution in [1.82, 2.24) is 9.21 Å². The Hall–Kier alpha value is -3.07. The molecule has 0 unspecified atom stereocenters. The number of nitrogens with one attached hydrogen (secondary N) is 1. The van der Waals surface area contributed by atoms with E-state index in [1.807, 2.05) is 12.1 Å². The van der Waals surface area contributed by atoms with Gasteiger partial charge in [-0.2, -0.15) is 4.31 Å². The van der Waals surface area contributed by atoms with Gasteiger partial charge in [-0.3, -0.25) is 9.69 Å². The van der Waals surface area contributed by atoms with E-state index in [1.54, 1.807) is 54.6 Å². The molecule has 0 aliphatic carbocycles. The summed E-state index contributed by atoms with van der Waals surface area (Å²) >= 11 is 0. The fraction of sp³-hybridized carbons (Fsp3) is 0.208. The molecule has 1 fully saturated rings. The highest BCUT2D eigenvalue weighted by Gasteiger charge is 2.28. The Morgan fingerprint density at radius 3 is 2.12 bits per heavy atom. The summed E-state index contributed by atoms with van der Waals surface area (Å²) in [6, 6.07) is 21.7. The van der Waals surface area contributed by atoms with Gasteiger partial charge in [0.15, 0.2) is 0 Å². The van der Waals surface area contributed by atoms with Gasteiger partial charge in [0.2, 0.25) is 10.0 Å². The lowest BCUT2D eigenvalue weighted by atomic mass is 10.1. The molecule has 1 N–H and O–H groups in total. The van der Waals surface area contributed by atoms with E-state index in [2.05, 4.69) is 10.2 Å². The van der Waals surface area contributed by atoms with E-state index in [0.717, 1.165) is 5.56 Å². The minimum atomic E-state index is -3.47. The van der Waals surface area contributed by atoms with Crippen molar-refractivity contribution in [2.24, 2.45) is 0 Å². The molecule has 1 heterocycles. The van der Waals surface area contributed by atoms with Crippen LogP contribution in [0.1, 0.15) is 15.9 Å². The van der Waals surface area contributed by atoms with E-state index < -0.39 is 15.8 Å². The van der Waals surface area contributed by atoms with Crippen molar-refractivity contribution in [3.8, 4) is 0 Å². The fourth-order valence-electron chi connectivity index (χ4n) is 3.65. The standard InChI is InChI=1S/C24H24FN3O3S/c25-22-8-4-5-9-23(22)26-24(29)20-12-10-19(11-13-20)18-27-14-16-28(17-15-27)32(30,31)21-6-2-1-3-7-21/h1-13H,14-18H2,(H,26,29). The molecule has 8 heteroatoms. The number of para-hydroxylation sites is 1. The van der Waals surface area contributed by atoms with Gasteiger partial charge in [-0.1, -0.05) is 42.5 Å². The Labute approximate surface area is 187 Å². The number of halogens is 1. The lowest BCUT2D eigenvalue weighted by Gasteiger charge is -2.34. The predicted octanol–water partition coefficient (Wildman–Crippen LogP) is 3.58. The van der Waals surface area contributed by atoms with Crippen LogP contribution in [0.15, 0.2) is 83.8 Å². The van der Waals surface area contributed by atoms with Crippen molar-refractivity contribution in [3.05, 3.63) is 95.8 Å². The number of rotatable bonds is 6. The number of hydrogen-bond donors (Lipinski definition) is 1. The van der Waals surface area contributed by atoms with Crippen LogP contribution >= 0.6 is 0 Å². The highest BCUT2D eigenvalue weighted by Crippen LogP contribution is 2.19. The van der Waals surface area contributed by atoms with Gasteiger partial charge in [0.1, 0.15) is 5.82 Å². The summed E-state index contributed by atoms with van der Waals surface area (Å²) in [5, 5.41) is 2.57. The van der Waals surface area contributed by atoms with Gasteiger partial charge in [0.25, 0.3) is 5.91 Å². The molecule has 1 saturated heterocycles. The minimum Gasteiger partial charge on any atom is -0.319 e. The molecular formula is C24H24FN3O3S. The minimum absolute atomic E-state index is 0.143. The molecule has 0 spiro atoms. The monoisotopic (exact) mass is 453 g/mol. The Morgan fingerprint density at radius 1 is 0.844 bits per heavy atom. The summed E-state index contributed by atoms with van der Waals surface area (Å²) in [6.07, 6.45) is 0. The van der Waals surface area contributed by atoms with Gasteiger partial charge in [0, 0.05) is 38.3 Å². The normalized spacial score (nSPS) is 15.4. The lowest BCUT2D eigenvalue weighted by molar-refractivity contribution is 0.102. The van der Waals surface area contributed by atoms with Crippen molar-refractivity contribution < 1.29 is 17.6 Å². The molecule has 1 amide bonds. The van der Waals surface area contributed by atoms with Gasteiger partial charge in [-0.15, -0.1) is 0 Å². The lowest BCUT2D eigenvalue weighted by Crippen LogP contribution is -2.48. The van der Waals surface area contributed by atoms with Crippen molar-refractivity contribution in [3.63, 3.8) is 0 Å². The van der Waals surface area contributed by atoms with E-state index in [9.17, 15) is 17.6 Å². The predicted molar refractivity (Wildman–Crippen MR) is 121 cm³/mol. The van der Waals surface area contributed by atoms with Gasteiger partial charge < -0.3 is 5.32 Å². The van der Waals surface area contributed by atoms with E-state index in [-0.39, 0.29) is 11.6 Å². The maximum absolute atomic E-state index is 13.7. The first kappa shape index (κ1) is 22.1.